The van der Waals surface area contributed by atoms with Crippen LogP contribution in [0, 0.1) is 0 Å². The van der Waals surface area contributed by atoms with E-state index in [9.17, 15) is 9.59 Å². The molecule has 1 aliphatic carbocycles. The van der Waals surface area contributed by atoms with Crippen molar-refractivity contribution >= 4 is 11.2 Å². The van der Waals surface area contributed by atoms with E-state index < -0.39 is 0 Å². The maximum absolute atomic E-state index is 12.6. The summed E-state index contributed by atoms with van der Waals surface area (Å²) in [6, 6.07) is 0. The molecule has 0 bridgehead atoms. The second kappa shape index (κ2) is 6.70. The van der Waals surface area contributed by atoms with Crippen LogP contribution < -0.4 is 11.2 Å². The zero-order chi connectivity index (χ0) is 16.4. The van der Waals surface area contributed by atoms with E-state index in [1.54, 1.807) is 0 Å². The van der Waals surface area contributed by atoms with E-state index in [1.165, 1.54) is 22.0 Å². The van der Waals surface area contributed by atoms with Crippen molar-refractivity contribution in [3.05, 3.63) is 26.7 Å². The highest BCUT2D eigenvalue weighted by atomic mass is 16.3. The molecule has 2 N–H and O–H groups in total. The van der Waals surface area contributed by atoms with Crippen LogP contribution in [0.4, 0.5) is 0 Å². The van der Waals surface area contributed by atoms with Crippen LogP contribution in [-0.2, 0) is 13.1 Å². The first-order chi connectivity index (χ1) is 11.2. The average Bonchev–Trinajstić information content (AvgIpc) is 3.20. The molecular formula is C16H24N4O3. The molecule has 3 rings (SSSR count). The molecule has 0 aliphatic heterocycles. The maximum atomic E-state index is 12.6. The molecule has 0 amide bonds. The van der Waals surface area contributed by atoms with Gasteiger partial charge >= 0.3 is 5.69 Å². The molecule has 1 aliphatic rings. The van der Waals surface area contributed by atoms with Crippen LogP contribution in [0.1, 0.15) is 57.2 Å². The van der Waals surface area contributed by atoms with E-state index in [-0.39, 0.29) is 17.9 Å². The van der Waals surface area contributed by atoms with Crippen LogP contribution in [0.2, 0.25) is 0 Å². The number of aromatic nitrogens is 4. The second-order valence-electron chi connectivity index (χ2n) is 6.27. The van der Waals surface area contributed by atoms with Gasteiger partial charge in [-0.2, -0.15) is 0 Å². The highest BCUT2D eigenvalue weighted by Gasteiger charge is 2.23. The van der Waals surface area contributed by atoms with Crippen molar-refractivity contribution in [2.45, 2.75) is 64.5 Å². The average molecular weight is 320 g/mol. The molecule has 126 valence electrons. The molecule has 1 saturated carbocycles. The third-order valence-corrected chi connectivity index (χ3v) is 4.61. The first kappa shape index (κ1) is 16.0. The van der Waals surface area contributed by atoms with Gasteiger partial charge in [-0.3, -0.25) is 13.9 Å². The van der Waals surface area contributed by atoms with Crippen molar-refractivity contribution in [2.75, 3.05) is 6.61 Å². The zero-order valence-corrected chi connectivity index (χ0v) is 13.5. The predicted octanol–water partition coefficient (Wildman–Crippen LogP) is 1.34. The summed E-state index contributed by atoms with van der Waals surface area (Å²) >= 11 is 0. The number of rotatable bonds is 6. The summed E-state index contributed by atoms with van der Waals surface area (Å²) in [5.41, 5.74) is 0.228. The monoisotopic (exact) mass is 320 g/mol. The van der Waals surface area contributed by atoms with Crippen molar-refractivity contribution in [2.24, 2.45) is 0 Å². The van der Waals surface area contributed by atoms with Gasteiger partial charge in [0.15, 0.2) is 5.65 Å². The Morgan fingerprint density at radius 3 is 2.61 bits per heavy atom. The Balaban J connectivity index is 2.19. The van der Waals surface area contributed by atoms with Gasteiger partial charge in [0, 0.05) is 25.6 Å². The Bertz CT molecular complexity index is 796. The van der Waals surface area contributed by atoms with Crippen LogP contribution >= 0.6 is 0 Å². The van der Waals surface area contributed by atoms with Gasteiger partial charge < -0.3 is 10.1 Å². The van der Waals surface area contributed by atoms with Crippen LogP contribution in [0.15, 0.2) is 9.59 Å². The summed E-state index contributed by atoms with van der Waals surface area (Å²) in [7, 11) is 0. The van der Waals surface area contributed by atoms with Crippen LogP contribution in [0.3, 0.4) is 0 Å². The van der Waals surface area contributed by atoms with Gasteiger partial charge in [-0.05, 0) is 25.7 Å². The number of fused-ring (bicyclic) bond motifs is 1. The van der Waals surface area contributed by atoms with Crippen molar-refractivity contribution in [1.29, 1.82) is 0 Å². The third kappa shape index (κ3) is 2.85. The van der Waals surface area contributed by atoms with E-state index in [4.69, 9.17) is 5.11 Å². The first-order valence-corrected chi connectivity index (χ1v) is 8.51. The quantitative estimate of drug-likeness (QED) is 0.840. The number of aryl methyl sites for hydroxylation is 1. The van der Waals surface area contributed by atoms with Gasteiger partial charge in [-0.1, -0.05) is 19.8 Å². The lowest BCUT2D eigenvalue weighted by molar-refractivity contribution is 0.279. The molecule has 0 unspecified atom stereocenters. The van der Waals surface area contributed by atoms with E-state index in [2.05, 4.69) is 9.97 Å². The molecular weight excluding hydrogens is 296 g/mol. The van der Waals surface area contributed by atoms with E-state index >= 15 is 0 Å². The van der Waals surface area contributed by atoms with Gasteiger partial charge in [0.1, 0.15) is 11.3 Å². The lowest BCUT2D eigenvalue weighted by atomic mass is 10.1. The fraction of sp³-hybridized carbons (Fsp3) is 0.688. The van der Waals surface area contributed by atoms with Crippen LogP contribution in [0.25, 0.3) is 11.2 Å². The molecule has 23 heavy (non-hydrogen) atoms. The van der Waals surface area contributed by atoms with Gasteiger partial charge in [-0.25, -0.2) is 9.78 Å². The third-order valence-electron chi connectivity index (χ3n) is 4.61. The summed E-state index contributed by atoms with van der Waals surface area (Å²) < 4.78 is 2.80. The number of aliphatic hydroxyl groups is 1. The van der Waals surface area contributed by atoms with Crippen LogP contribution in [-0.4, -0.2) is 30.8 Å². The highest BCUT2D eigenvalue weighted by Crippen LogP contribution is 2.32. The van der Waals surface area contributed by atoms with Crippen molar-refractivity contribution in [3.63, 3.8) is 0 Å². The fourth-order valence-corrected chi connectivity index (χ4v) is 3.43. The van der Waals surface area contributed by atoms with Gasteiger partial charge in [0.05, 0.1) is 0 Å². The topological polar surface area (TPSA) is 92.9 Å². The number of nitrogens with zero attached hydrogens (tertiary/aromatic N) is 3. The van der Waals surface area contributed by atoms with Gasteiger partial charge in [0.25, 0.3) is 5.56 Å². The molecule has 2 aromatic heterocycles. The molecule has 7 nitrogen and oxygen atoms in total. The first-order valence-electron chi connectivity index (χ1n) is 8.51. The summed E-state index contributed by atoms with van der Waals surface area (Å²) in [6.07, 6.45) is 5.68. The Hall–Kier alpha value is -1.89. The molecule has 2 heterocycles. The molecule has 0 aromatic carbocycles. The van der Waals surface area contributed by atoms with Gasteiger partial charge in [-0.15, -0.1) is 0 Å². The number of hydrogen-bond acceptors (Lipinski definition) is 4. The maximum Gasteiger partial charge on any atom is 0.332 e. The SMILES string of the molecule is CCCn1c(=O)c2[nH]c(C3CCCC3)nc2n(CCCO)c1=O. The van der Waals surface area contributed by atoms with E-state index in [0.29, 0.717) is 43.0 Å². The Kier molecular flexibility index (Phi) is 4.66. The van der Waals surface area contributed by atoms with E-state index in [1.807, 2.05) is 6.92 Å². The lowest BCUT2D eigenvalue weighted by Gasteiger charge is -2.09. The molecule has 0 atom stereocenters. The van der Waals surface area contributed by atoms with Gasteiger partial charge in [0.2, 0.25) is 0 Å². The number of aliphatic hydroxyl groups excluding tert-OH is 1. The summed E-state index contributed by atoms with van der Waals surface area (Å²) in [4.78, 5) is 33.0. The minimum absolute atomic E-state index is 0.000737. The molecule has 0 radical (unpaired) electrons. The fourth-order valence-electron chi connectivity index (χ4n) is 3.43. The van der Waals surface area contributed by atoms with Crippen molar-refractivity contribution in [3.8, 4) is 0 Å². The Labute approximate surface area is 134 Å². The molecule has 0 spiro atoms. The highest BCUT2D eigenvalue weighted by molar-refractivity contribution is 5.70. The molecule has 0 saturated heterocycles. The summed E-state index contributed by atoms with van der Waals surface area (Å²) in [5, 5.41) is 9.08. The summed E-state index contributed by atoms with van der Waals surface area (Å²) in [6.45, 7) is 2.70. The standard InChI is InChI=1S/C16H24N4O3/c1-2-8-20-15(22)12-14(19(16(20)23)9-5-10-21)18-13(17-12)11-6-3-4-7-11/h11,21H,2-10H2,1H3,(H,17,18). The normalized spacial score (nSPS) is 15.7. The molecule has 7 heteroatoms. The molecule has 1 fully saturated rings. The number of nitrogens with one attached hydrogen (secondary N) is 1. The Morgan fingerprint density at radius 2 is 1.96 bits per heavy atom. The number of H-pyrrole nitrogens is 1. The lowest BCUT2D eigenvalue weighted by Crippen LogP contribution is -2.40. The van der Waals surface area contributed by atoms with Crippen molar-refractivity contribution in [1.82, 2.24) is 19.1 Å². The predicted molar refractivity (Wildman–Crippen MR) is 87.8 cm³/mol. The smallest absolute Gasteiger partial charge is 0.332 e. The summed E-state index contributed by atoms with van der Waals surface area (Å²) in [5.74, 6) is 1.17. The van der Waals surface area contributed by atoms with E-state index in [0.717, 1.165) is 18.7 Å². The Morgan fingerprint density at radius 1 is 1.22 bits per heavy atom. The molecule has 2 aromatic rings. The minimum Gasteiger partial charge on any atom is -0.396 e. The minimum atomic E-state index is -0.331. The number of imidazole rings is 1. The largest absolute Gasteiger partial charge is 0.396 e. The zero-order valence-electron chi connectivity index (χ0n) is 13.5. The van der Waals surface area contributed by atoms with Crippen LogP contribution in [0.5, 0.6) is 0 Å². The van der Waals surface area contributed by atoms with Crippen molar-refractivity contribution < 1.29 is 5.11 Å². The second-order valence-corrected chi connectivity index (χ2v) is 6.27. The number of hydrogen-bond donors (Lipinski definition) is 2. The number of aromatic amines is 1.